The molecule has 0 N–H and O–H groups in total. The minimum atomic E-state index is 0.301. The quantitative estimate of drug-likeness (QED) is 0.774. The van der Waals surface area contributed by atoms with Crippen molar-refractivity contribution >= 4 is 0 Å². The van der Waals surface area contributed by atoms with Crippen LogP contribution < -0.4 is 9.47 Å². The van der Waals surface area contributed by atoms with Gasteiger partial charge in [-0.15, -0.1) is 0 Å². The van der Waals surface area contributed by atoms with Crippen LogP contribution in [0.2, 0.25) is 0 Å². The fourth-order valence-corrected chi connectivity index (χ4v) is 1.93. The maximum atomic E-state index is 5.85. The van der Waals surface area contributed by atoms with Crippen LogP contribution >= 0.6 is 0 Å². The molecule has 1 aliphatic heterocycles. The molecular formula is C12H18N2O2. The van der Waals surface area contributed by atoms with Crippen LogP contribution in [0.25, 0.3) is 0 Å². The van der Waals surface area contributed by atoms with Crippen LogP contribution in [0.15, 0.2) is 18.3 Å². The van der Waals surface area contributed by atoms with E-state index < -0.39 is 0 Å². The number of likely N-dealkylation sites (N-methyl/N-ethyl adjacent to an activating group) is 1. The summed E-state index contributed by atoms with van der Waals surface area (Å²) in [6.07, 6.45) is 3.11. The second kappa shape index (κ2) is 5.16. The molecule has 1 aromatic heterocycles. The van der Waals surface area contributed by atoms with Crippen LogP contribution in [0, 0.1) is 0 Å². The monoisotopic (exact) mass is 222 g/mol. The molecule has 4 nitrogen and oxygen atoms in total. The normalized spacial score (nSPS) is 21.0. The summed E-state index contributed by atoms with van der Waals surface area (Å²) in [7, 11) is 1.61. The summed E-state index contributed by atoms with van der Waals surface area (Å²) in [5, 5.41) is 0. The van der Waals surface area contributed by atoms with E-state index in [1.807, 2.05) is 12.1 Å². The Morgan fingerprint density at radius 1 is 1.50 bits per heavy atom. The second-order valence-corrected chi connectivity index (χ2v) is 3.96. The van der Waals surface area contributed by atoms with E-state index in [2.05, 4.69) is 16.8 Å². The van der Waals surface area contributed by atoms with Gasteiger partial charge in [0.2, 0.25) is 5.88 Å². The van der Waals surface area contributed by atoms with Gasteiger partial charge in [0.05, 0.1) is 13.3 Å². The number of hydrogen-bond donors (Lipinski definition) is 0. The average molecular weight is 222 g/mol. The molecule has 1 atom stereocenters. The lowest BCUT2D eigenvalue weighted by atomic mass is 10.3. The van der Waals surface area contributed by atoms with Gasteiger partial charge in [0.15, 0.2) is 0 Å². The minimum absolute atomic E-state index is 0.301. The van der Waals surface area contributed by atoms with Gasteiger partial charge in [-0.05, 0) is 19.0 Å². The highest BCUT2D eigenvalue weighted by atomic mass is 16.5. The molecule has 4 heteroatoms. The van der Waals surface area contributed by atoms with Crippen molar-refractivity contribution in [3.8, 4) is 11.6 Å². The zero-order valence-electron chi connectivity index (χ0n) is 9.85. The number of rotatable bonds is 4. The summed E-state index contributed by atoms with van der Waals surface area (Å²) in [6, 6.07) is 3.72. The van der Waals surface area contributed by atoms with Crippen LogP contribution in [0.3, 0.4) is 0 Å². The SMILES string of the molecule is CCN1CCC(Oc2ccc(OC)nc2)C1. The van der Waals surface area contributed by atoms with Crippen molar-refractivity contribution in [2.24, 2.45) is 0 Å². The van der Waals surface area contributed by atoms with Crippen molar-refractivity contribution in [2.75, 3.05) is 26.7 Å². The Hall–Kier alpha value is -1.29. The van der Waals surface area contributed by atoms with Gasteiger partial charge in [-0.2, -0.15) is 0 Å². The number of methoxy groups -OCH3 is 1. The van der Waals surface area contributed by atoms with Crippen LogP contribution in [-0.4, -0.2) is 42.7 Å². The zero-order valence-corrected chi connectivity index (χ0v) is 9.85. The minimum Gasteiger partial charge on any atom is -0.487 e. The summed E-state index contributed by atoms with van der Waals surface area (Å²) >= 11 is 0. The van der Waals surface area contributed by atoms with Crippen molar-refractivity contribution < 1.29 is 9.47 Å². The highest BCUT2D eigenvalue weighted by molar-refractivity contribution is 5.23. The maximum absolute atomic E-state index is 5.85. The molecule has 16 heavy (non-hydrogen) atoms. The molecule has 0 aromatic carbocycles. The number of nitrogens with zero attached hydrogens (tertiary/aromatic N) is 2. The standard InChI is InChI=1S/C12H18N2O2/c1-3-14-7-6-11(9-14)16-10-4-5-12(15-2)13-8-10/h4-5,8,11H,3,6-7,9H2,1-2H3. The Balaban J connectivity index is 1.89. The predicted molar refractivity (Wildman–Crippen MR) is 61.9 cm³/mol. The number of hydrogen-bond acceptors (Lipinski definition) is 4. The van der Waals surface area contributed by atoms with E-state index in [1.54, 1.807) is 13.3 Å². The van der Waals surface area contributed by atoms with Crippen molar-refractivity contribution in [3.63, 3.8) is 0 Å². The summed E-state index contributed by atoms with van der Waals surface area (Å²) < 4.78 is 10.8. The van der Waals surface area contributed by atoms with Crippen molar-refractivity contribution in [2.45, 2.75) is 19.4 Å². The van der Waals surface area contributed by atoms with Gasteiger partial charge in [0, 0.05) is 19.2 Å². The number of ether oxygens (including phenoxy) is 2. The lowest BCUT2D eigenvalue weighted by molar-refractivity contribution is 0.201. The largest absolute Gasteiger partial charge is 0.487 e. The Bertz CT molecular complexity index is 326. The molecule has 0 spiro atoms. The van der Waals surface area contributed by atoms with E-state index in [9.17, 15) is 0 Å². The van der Waals surface area contributed by atoms with Crippen LogP contribution in [0.5, 0.6) is 11.6 Å². The van der Waals surface area contributed by atoms with Crippen molar-refractivity contribution in [1.82, 2.24) is 9.88 Å². The van der Waals surface area contributed by atoms with Crippen molar-refractivity contribution in [1.29, 1.82) is 0 Å². The van der Waals surface area contributed by atoms with Crippen LogP contribution in [0.1, 0.15) is 13.3 Å². The van der Waals surface area contributed by atoms with Gasteiger partial charge in [-0.1, -0.05) is 6.92 Å². The molecule has 1 saturated heterocycles. The fourth-order valence-electron chi connectivity index (χ4n) is 1.93. The smallest absolute Gasteiger partial charge is 0.213 e. The summed E-state index contributed by atoms with van der Waals surface area (Å²) in [5.74, 6) is 1.44. The van der Waals surface area contributed by atoms with Gasteiger partial charge in [0.1, 0.15) is 11.9 Å². The molecule has 2 rings (SSSR count). The van der Waals surface area contributed by atoms with E-state index >= 15 is 0 Å². The summed E-state index contributed by atoms with van der Waals surface area (Å²) in [4.78, 5) is 6.51. The van der Waals surface area contributed by atoms with Crippen LogP contribution in [-0.2, 0) is 0 Å². The maximum Gasteiger partial charge on any atom is 0.213 e. The first kappa shape index (κ1) is 11.2. The second-order valence-electron chi connectivity index (χ2n) is 3.96. The lowest BCUT2D eigenvalue weighted by Gasteiger charge is -2.14. The topological polar surface area (TPSA) is 34.6 Å². The third kappa shape index (κ3) is 2.64. The molecule has 88 valence electrons. The summed E-state index contributed by atoms with van der Waals surface area (Å²) in [6.45, 7) is 5.42. The molecular weight excluding hydrogens is 204 g/mol. The Morgan fingerprint density at radius 3 is 2.94 bits per heavy atom. The highest BCUT2D eigenvalue weighted by Crippen LogP contribution is 2.19. The number of likely N-dealkylation sites (tertiary alicyclic amines) is 1. The van der Waals surface area contributed by atoms with E-state index in [0.717, 1.165) is 31.8 Å². The predicted octanol–water partition coefficient (Wildman–Crippen LogP) is 1.56. The highest BCUT2D eigenvalue weighted by Gasteiger charge is 2.22. The van der Waals surface area contributed by atoms with Gasteiger partial charge in [-0.3, -0.25) is 4.90 Å². The summed E-state index contributed by atoms with van der Waals surface area (Å²) in [5.41, 5.74) is 0. The molecule has 1 aromatic rings. The Kier molecular flexibility index (Phi) is 3.62. The Labute approximate surface area is 96.2 Å². The Morgan fingerprint density at radius 2 is 2.38 bits per heavy atom. The van der Waals surface area contributed by atoms with E-state index in [1.165, 1.54) is 0 Å². The van der Waals surface area contributed by atoms with Gasteiger partial charge < -0.3 is 9.47 Å². The third-order valence-electron chi connectivity index (χ3n) is 2.90. The third-order valence-corrected chi connectivity index (χ3v) is 2.90. The number of pyridine rings is 1. The molecule has 0 bridgehead atoms. The first-order chi connectivity index (χ1) is 7.81. The van der Waals surface area contributed by atoms with E-state index in [4.69, 9.17) is 9.47 Å². The molecule has 0 radical (unpaired) electrons. The fraction of sp³-hybridized carbons (Fsp3) is 0.583. The molecule has 0 amide bonds. The van der Waals surface area contributed by atoms with E-state index in [0.29, 0.717) is 12.0 Å². The zero-order chi connectivity index (χ0) is 11.4. The first-order valence-corrected chi connectivity index (χ1v) is 5.71. The number of aromatic nitrogens is 1. The van der Waals surface area contributed by atoms with Gasteiger partial charge in [-0.25, -0.2) is 4.98 Å². The molecule has 0 aliphatic carbocycles. The molecule has 1 aliphatic rings. The molecule has 2 heterocycles. The van der Waals surface area contributed by atoms with Gasteiger partial charge >= 0.3 is 0 Å². The van der Waals surface area contributed by atoms with Crippen LogP contribution in [0.4, 0.5) is 0 Å². The molecule has 1 fully saturated rings. The average Bonchev–Trinajstić information content (AvgIpc) is 2.78. The first-order valence-electron chi connectivity index (χ1n) is 5.71. The van der Waals surface area contributed by atoms with Crippen molar-refractivity contribution in [3.05, 3.63) is 18.3 Å². The van der Waals surface area contributed by atoms with E-state index in [-0.39, 0.29) is 0 Å². The van der Waals surface area contributed by atoms with Gasteiger partial charge in [0.25, 0.3) is 0 Å². The molecule has 0 saturated carbocycles. The molecule has 1 unspecified atom stereocenters. The lowest BCUT2D eigenvalue weighted by Crippen LogP contribution is -2.24.